The number of carbonyl (C=O) groups excluding carboxylic acids is 1. The van der Waals surface area contributed by atoms with Gasteiger partial charge in [-0.3, -0.25) is 4.79 Å². The van der Waals surface area contributed by atoms with Crippen LogP contribution in [-0.4, -0.2) is 60.5 Å². The molecule has 2 aliphatic heterocycles. The Kier molecular flexibility index (Phi) is 4.64. The highest BCUT2D eigenvalue weighted by molar-refractivity contribution is 5.93. The predicted octanol–water partition coefficient (Wildman–Crippen LogP) is 2.94. The largest absolute Gasteiger partial charge is 0.337 e. The molecule has 5 nitrogen and oxygen atoms in total. The fraction of sp³-hybridized carbons (Fsp3) is 0.429. The van der Waals surface area contributed by atoms with Gasteiger partial charge < -0.3 is 14.7 Å². The van der Waals surface area contributed by atoms with E-state index in [1.807, 2.05) is 30.1 Å². The molecule has 2 aliphatic rings. The third-order valence-corrected chi connectivity index (χ3v) is 5.67. The molecule has 1 aromatic heterocycles. The molecule has 1 aromatic carbocycles. The zero-order valence-electron chi connectivity index (χ0n) is 15.6. The first-order valence-electron chi connectivity index (χ1n) is 9.41. The fourth-order valence-electron chi connectivity index (χ4n) is 4.00. The molecule has 1 saturated heterocycles. The van der Waals surface area contributed by atoms with Crippen LogP contribution in [0.2, 0.25) is 0 Å². The summed E-state index contributed by atoms with van der Waals surface area (Å²) in [6.45, 7) is 3.00. The third-order valence-electron chi connectivity index (χ3n) is 5.67. The van der Waals surface area contributed by atoms with Gasteiger partial charge in [-0.15, -0.1) is 0 Å². The van der Waals surface area contributed by atoms with Crippen LogP contribution in [0.25, 0.3) is 0 Å². The third kappa shape index (κ3) is 3.19. The highest BCUT2D eigenvalue weighted by Gasteiger charge is 2.26. The molecule has 0 atom stereocenters. The van der Waals surface area contributed by atoms with Crippen LogP contribution >= 0.6 is 0 Å². The van der Waals surface area contributed by atoms with Gasteiger partial charge in [0.15, 0.2) is 0 Å². The van der Waals surface area contributed by atoms with Crippen molar-refractivity contribution < 1.29 is 4.79 Å². The lowest BCUT2D eigenvalue weighted by molar-refractivity contribution is 0.0654. The summed E-state index contributed by atoms with van der Waals surface area (Å²) >= 11 is 0. The first kappa shape index (κ1) is 17.0. The molecule has 0 N–H and O–H groups in total. The summed E-state index contributed by atoms with van der Waals surface area (Å²) in [7, 11) is 4.05. The predicted molar refractivity (Wildman–Crippen MR) is 104 cm³/mol. The molecule has 26 heavy (non-hydrogen) atoms. The van der Waals surface area contributed by atoms with Gasteiger partial charge in [0.1, 0.15) is 11.5 Å². The van der Waals surface area contributed by atoms with Crippen LogP contribution in [-0.2, 0) is 6.42 Å². The lowest BCUT2D eigenvalue weighted by Crippen LogP contribution is -2.44. The second-order valence-corrected chi connectivity index (χ2v) is 7.36. The smallest absolute Gasteiger partial charge is 0.272 e. The van der Waals surface area contributed by atoms with Gasteiger partial charge in [-0.2, -0.15) is 0 Å². The van der Waals surface area contributed by atoms with Crippen molar-refractivity contribution in [2.24, 2.45) is 0 Å². The van der Waals surface area contributed by atoms with E-state index in [9.17, 15) is 4.79 Å². The minimum Gasteiger partial charge on any atom is -0.337 e. The summed E-state index contributed by atoms with van der Waals surface area (Å²) in [5.74, 6) is 0.881. The number of likely N-dealkylation sites (tertiary alicyclic amines) is 1. The first-order valence-corrected chi connectivity index (χ1v) is 9.41. The number of carbonyl (C=O) groups is 1. The first-order chi connectivity index (χ1) is 12.6. The van der Waals surface area contributed by atoms with Crippen molar-refractivity contribution in [3.63, 3.8) is 0 Å². The SMILES string of the molecule is CN1CCC(N(C)C(=O)c2cccc(N3CCc4ccccc43)n2)CC1. The summed E-state index contributed by atoms with van der Waals surface area (Å²) in [6, 6.07) is 14.5. The van der Waals surface area contributed by atoms with E-state index >= 15 is 0 Å². The molecule has 4 rings (SSSR count). The Morgan fingerprint density at radius 1 is 1.08 bits per heavy atom. The number of pyridine rings is 1. The average molecular weight is 350 g/mol. The molecule has 3 heterocycles. The molecule has 0 radical (unpaired) electrons. The van der Waals surface area contributed by atoms with Gasteiger partial charge in [0.2, 0.25) is 0 Å². The minimum atomic E-state index is 0.0221. The van der Waals surface area contributed by atoms with Gasteiger partial charge in [-0.1, -0.05) is 24.3 Å². The van der Waals surface area contributed by atoms with Gasteiger partial charge in [0.05, 0.1) is 0 Å². The molecule has 5 heteroatoms. The lowest BCUT2D eigenvalue weighted by Gasteiger charge is -2.35. The Labute approximate surface area is 155 Å². The van der Waals surface area contributed by atoms with E-state index < -0.39 is 0 Å². The second kappa shape index (κ2) is 7.08. The summed E-state index contributed by atoms with van der Waals surface area (Å²) in [5.41, 5.74) is 3.08. The number of aromatic nitrogens is 1. The highest BCUT2D eigenvalue weighted by atomic mass is 16.2. The molecule has 0 bridgehead atoms. The molecule has 2 aromatic rings. The minimum absolute atomic E-state index is 0.0221. The van der Waals surface area contributed by atoms with E-state index in [4.69, 9.17) is 4.98 Å². The van der Waals surface area contributed by atoms with Crippen LogP contribution < -0.4 is 4.90 Å². The number of para-hydroxylation sites is 1. The zero-order chi connectivity index (χ0) is 18.1. The lowest BCUT2D eigenvalue weighted by atomic mass is 10.0. The number of fused-ring (bicyclic) bond motifs is 1. The monoisotopic (exact) mass is 350 g/mol. The molecule has 0 unspecified atom stereocenters. The maximum absolute atomic E-state index is 13.0. The number of amides is 1. The molecule has 0 saturated carbocycles. The van der Waals surface area contributed by atoms with Crippen molar-refractivity contribution in [1.29, 1.82) is 0 Å². The Balaban J connectivity index is 1.54. The topological polar surface area (TPSA) is 39.7 Å². The van der Waals surface area contributed by atoms with Gasteiger partial charge >= 0.3 is 0 Å². The maximum Gasteiger partial charge on any atom is 0.272 e. The number of rotatable bonds is 3. The molecule has 0 spiro atoms. The van der Waals surface area contributed by atoms with Crippen LogP contribution in [0.15, 0.2) is 42.5 Å². The normalized spacial score (nSPS) is 18.0. The molecular formula is C21H26N4O. The van der Waals surface area contributed by atoms with Crippen molar-refractivity contribution in [2.75, 3.05) is 38.6 Å². The Hall–Kier alpha value is -2.40. The Bertz CT molecular complexity index is 798. The van der Waals surface area contributed by atoms with Gasteiger partial charge in [0, 0.05) is 25.3 Å². The molecule has 1 amide bonds. The van der Waals surface area contributed by atoms with Crippen molar-refractivity contribution in [3.05, 3.63) is 53.7 Å². The average Bonchev–Trinajstić information content (AvgIpc) is 3.12. The Morgan fingerprint density at radius 3 is 2.65 bits per heavy atom. The maximum atomic E-state index is 13.0. The van der Waals surface area contributed by atoms with Gasteiger partial charge in [-0.05, 0) is 63.2 Å². The Morgan fingerprint density at radius 2 is 1.85 bits per heavy atom. The van der Waals surface area contributed by atoms with Crippen molar-refractivity contribution in [3.8, 4) is 0 Å². The molecule has 136 valence electrons. The van der Waals surface area contributed by atoms with Crippen molar-refractivity contribution in [1.82, 2.24) is 14.8 Å². The van der Waals surface area contributed by atoms with E-state index in [0.717, 1.165) is 44.7 Å². The van der Waals surface area contributed by atoms with E-state index in [0.29, 0.717) is 11.7 Å². The van der Waals surface area contributed by atoms with E-state index in [1.165, 1.54) is 11.3 Å². The zero-order valence-corrected chi connectivity index (χ0v) is 15.6. The van der Waals surface area contributed by atoms with Crippen molar-refractivity contribution >= 4 is 17.4 Å². The van der Waals surface area contributed by atoms with Crippen LogP contribution in [0.5, 0.6) is 0 Å². The second-order valence-electron chi connectivity index (χ2n) is 7.36. The summed E-state index contributed by atoms with van der Waals surface area (Å²) in [4.78, 5) is 24.1. The highest BCUT2D eigenvalue weighted by Crippen LogP contribution is 2.33. The number of anilines is 2. The molecular weight excluding hydrogens is 324 g/mol. The van der Waals surface area contributed by atoms with Crippen LogP contribution in [0.3, 0.4) is 0 Å². The number of benzene rings is 1. The van der Waals surface area contributed by atoms with E-state index in [-0.39, 0.29) is 5.91 Å². The van der Waals surface area contributed by atoms with E-state index in [2.05, 4.69) is 41.1 Å². The summed E-state index contributed by atoms with van der Waals surface area (Å²) < 4.78 is 0. The fourth-order valence-corrected chi connectivity index (χ4v) is 4.00. The number of hydrogen-bond acceptors (Lipinski definition) is 4. The summed E-state index contributed by atoms with van der Waals surface area (Å²) in [6.07, 6.45) is 3.07. The number of piperidine rings is 1. The quantitative estimate of drug-likeness (QED) is 0.853. The summed E-state index contributed by atoms with van der Waals surface area (Å²) in [5, 5.41) is 0. The van der Waals surface area contributed by atoms with Crippen molar-refractivity contribution in [2.45, 2.75) is 25.3 Å². The van der Waals surface area contributed by atoms with Gasteiger partial charge in [-0.25, -0.2) is 4.98 Å². The molecule has 1 fully saturated rings. The van der Waals surface area contributed by atoms with Crippen LogP contribution in [0, 0.1) is 0 Å². The molecule has 0 aliphatic carbocycles. The number of hydrogen-bond donors (Lipinski definition) is 0. The van der Waals surface area contributed by atoms with Crippen LogP contribution in [0.1, 0.15) is 28.9 Å². The standard InChI is InChI=1S/C21H26N4O/c1-23-13-11-17(12-14-23)24(2)21(26)18-7-5-9-20(22-18)25-15-10-16-6-3-4-8-19(16)25/h3-9,17H,10-15H2,1-2H3. The van der Waals surface area contributed by atoms with Crippen LogP contribution in [0.4, 0.5) is 11.5 Å². The van der Waals surface area contributed by atoms with Gasteiger partial charge in [0.25, 0.3) is 5.91 Å². The number of nitrogens with zero attached hydrogens (tertiary/aromatic N) is 4. The van der Waals surface area contributed by atoms with E-state index in [1.54, 1.807) is 0 Å².